The molecule has 9 heteroatoms. The van der Waals surface area contributed by atoms with Gasteiger partial charge < -0.3 is 15.3 Å². The minimum atomic E-state index is -0.954. The maximum atomic E-state index is 13.8. The Morgan fingerprint density at radius 1 is 1.11 bits per heavy atom. The summed E-state index contributed by atoms with van der Waals surface area (Å²) in [5.41, 5.74) is 2.17. The quantitative estimate of drug-likeness (QED) is 0.515. The van der Waals surface area contributed by atoms with Gasteiger partial charge >= 0.3 is 0 Å². The summed E-state index contributed by atoms with van der Waals surface area (Å²) in [6.07, 6.45) is 1.12. The lowest BCUT2D eigenvalue weighted by molar-refractivity contribution is -0.144. The van der Waals surface area contributed by atoms with Crippen LogP contribution in [-0.2, 0) is 20.8 Å². The van der Waals surface area contributed by atoms with E-state index in [0.29, 0.717) is 23.7 Å². The van der Waals surface area contributed by atoms with Gasteiger partial charge in [-0.25, -0.2) is 0 Å². The fourth-order valence-corrected chi connectivity index (χ4v) is 5.69. The maximum absolute atomic E-state index is 13.8. The summed E-state index contributed by atoms with van der Waals surface area (Å²) in [7, 11) is 0. The standard InChI is InChI=1S/C29H34N4O4S/c1-19(2)26-29(37)33(24(17-32(26)20(3)34)22-12-8-5-9-13-22)18-25(35)31-23(16-21-10-6-4-7-11-21)27(36)28-30-14-15-38-28/h4-13,17,19,23,26-27,36H,14-16,18H2,1-3H3,(H,31,35)/t23-,26?,27?/m0/s1. The van der Waals surface area contributed by atoms with Gasteiger partial charge in [-0.2, -0.15) is 0 Å². The Bertz CT molecular complexity index is 1220. The third-order valence-electron chi connectivity index (χ3n) is 6.63. The second-order valence-electron chi connectivity index (χ2n) is 9.80. The Morgan fingerprint density at radius 2 is 1.76 bits per heavy atom. The first-order valence-electron chi connectivity index (χ1n) is 12.8. The molecule has 2 aliphatic rings. The zero-order valence-electron chi connectivity index (χ0n) is 21.9. The summed E-state index contributed by atoms with van der Waals surface area (Å²) >= 11 is 1.49. The van der Waals surface area contributed by atoms with Crippen molar-refractivity contribution in [1.82, 2.24) is 15.1 Å². The topological polar surface area (TPSA) is 102 Å². The van der Waals surface area contributed by atoms with E-state index in [9.17, 15) is 19.5 Å². The molecule has 0 saturated heterocycles. The molecule has 2 unspecified atom stereocenters. The molecule has 0 bridgehead atoms. The highest BCUT2D eigenvalue weighted by atomic mass is 32.2. The number of hydrogen-bond donors (Lipinski definition) is 2. The molecule has 0 aliphatic carbocycles. The average molecular weight is 535 g/mol. The van der Waals surface area contributed by atoms with Crippen LogP contribution in [0.2, 0.25) is 0 Å². The van der Waals surface area contributed by atoms with Crippen LogP contribution in [0.25, 0.3) is 5.70 Å². The van der Waals surface area contributed by atoms with Crippen molar-refractivity contribution >= 4 is 40.2 Å². The van der Waals surface area contributed by atoms with Crippen LogP contribution >= 0.6 is 11.8 Å². The highest BCUT2D eigenvalue weighted by molar-refractivity contribution is 8.14. The SMILES string of the molecule is CC(=O)N1C=C(c2ccccc2)N(CC(=O)N[C@@H](Cc2ccccc2)C(O)C2=NCCS2)C(=O)C1C(C)C. The molecule has 2 heterocycles. The van der Waals surface area contributed by atoms with Crippen molar-refractivity contribution in [3.05, 3.63) is 78.0 Å². The maximum Gasteiger partial charge on any atom is 0.250 e. The average Bonchev–Trinajstić information content (AvgIpc) is 3.44. The molecule has 4 rings (SSSR count). The number of carbonyl (C=O) groups is 3. The molecule has 200 valence electrons. The van der Waals surface area contributed by atoms with Gasteiger partial charge in [-0.05, 0) is 23.5 Å². The molecule has 0 saturated carbocycles. The van der Waals surface area contributed by atoms with Crippen LogP contribution < -0.4 is 5.32 Å². The number of carbonyl (C=O) groups excluding carboxylic acids is 3. The molecule has 2 aromatic carbocycles. The second-order valence-corrected chi connectivity index (χ2v) is 10.9. The Labute approximate surface area is 227 Å². The Hall–Kier alpha value is -3.43. The summed E-state index contributed by atoms with van der Waals surface area (Å²) in [4.78, 5) is 47.0. The van der Waals surface area contributed by atoms with Crippen LogP contribution in [0, 0.1) is 5.92 Å². The lowest BCUT2D eigenvalue weighted by atomic mass is 9.97. The van der Waals surface area contributed by atoms with Crippen molar-refractivity contribution in [2.75, 3.05) is 18.8 Å². The van der Waals surface area contributed by atoms with E-state index in [4.69, 9.17) is 0 Å². The van der Waals surface area contributed by atoms with Crippen LogP contribution in [0.3, 0.4) is 0 Å². The summed E-state index contributed by atoms with van der Waals surface area (Å²) < 4.78 is 0. The monoisotopic (exact) mass is 534 g/mol. The molecular weight excluding hydrogens is 500 g/mol. The minimum Gasteiger partial charge on any atom is -0.384 e. The molecule has 2 N–H and O–H groups in total. The third kappa shape index (κ3) is 6.34. The number of rotatable bonds is 9. The lowest BCUT2D eigenvalue weighted by Crippen LogP contribution is -2.57. The Morgan fingerprint density at radius 3 is 2.34 bits per heavy atom. The van der Waals surface area contributed by atoms with E-state index in [1.807, 2.05) is 74.5 Å². The predicted molar refractivity (Wildman–Crippen MR) is 150 cm³/mol. The first kappa shape index (κ1) is 27.6. The molecule has 0 spiro atoms. The molecule has 0 radical (unpaired) electrons. The molecule has 2 aromatic rings. The van der Waals surface area contributed by atoms with Crippen LogP contribution in [0.1, 0.15) is 31.9 Å². The van der Waals surface area contributed by atoms with Gasteiger partial charge in [0.25, 0.3) is 5.91 Å². The fourth-order valence-electron chi connectivity index (χ4n) is 4.78. The van der Waals surface area contributed by atoms with E-state index in [0.717, 1.165) is 16.9 Å². The van der Waals surface area contributed by atoms with E-state index < -0.39 is 24.1 Å². The Balaban J connectivity index is 1.62. The predicted octanol–water partition coefficient (Wildman–Crippen LogP) is 2.93. The van der Waals surface area contributed by atoms with E-state index >= 15 is 0 Å². The first-order chi connectivity index (χ1) is 18.3. The van der Waals surface area contributed by atoms with Crippen molar-refractivity contribution in [3.8, 4) is 0 Å². The summed E-state index contributed by atoms with van der Waals surface area (Å²) in [6.45, 7) is 5.59. The minimum absolute atomic E-state index is 0.157. The number of amides is 3. The summed E-state index contributed by atoms with van der Waals surface area (Å²) in [5, 5.41) is 14.7. The molecule has 38 heavy (non-hydrogen) atoms. The molecule has 0 aromatic heterocycles. The summed E-state index contributed by atoms with van der Waals surface area (Å²) in [6, 6.07) is 17.5. The number of nitrogens with one attached hydrogen (secondary N) is 1. The molecule has 3 atom stereocenters. The van der Waals surface area contributed by atoms with Gasteiger partial charge in [0, 0.05) is 25.4 Å². The summed E-state index contributed by atoms with van der Waals surface area (Å²) in [5.74, 6) is -0.314. The lowest BCUT2D eigenvalue weighted by Gasteiger charge is -2.40. The van der Waals surface area contributed by atoms with Gasteiger partial charge in [0.2, 0.25) is 11.8 Å². The Kier molecular flexibility index (Phi) is 9.01. The van der Waals surface area contributed by atoms with E-state index in [-0.39, 0.29) is 24.3 Å². The number of benzene rings is 2. The molecule has 8 nitrogen and oxygen atoms in total. The van der Waals surface area contributed by atoms with Gasteiger partial charge in [-0.3, -0.25) is 24.3 Å². The highest BCUT2D eigenvalue weighted by Gasteiger charge is 2.40. The number of aliphatic hydroxyl groups is 1. The largest absolute Gasteiger partial charge is 0.384 e. The number of hydrogen-bond acceptors (Lipinski definition) is 6. The zero-order chi connectivity index (χ0) is 27.2. The van der Waals surface area contributed by atoms with Crippen molar-refractivity contribution in [3.63, 3.8) is 0 Å². The number of nitrogens with zero attached hydrogens (tertiary/aromatic N) is 3. The molecule has 0 fully saturated rings. The van der Waals surface area contributed by atoms with Gasteiger partial charge in [-0.15, -0.1) is 11.8 Å². The van der Waals surface area contributed by atoms with E-state index in [2.05, 4.69) is 10.3 Å². The van der Waals surface area contributed by atoms with Crippen LogP contribution in [0.4, 0.5) is 0 Å². The smallest absolute Gasteiger partial charge is 0.250 e. The first-order valence-corrected chi connectivity index (χ1v) is 13.8. The second kappa shape index (κ2) is 12.4. The zero-order valence-corrected chi connectivity index (χ0v) is 22.7. The van der Waals surface area contributed by atoms with Gasteiger partial charge in [-0.1, -0.05) is 74.5 Å². The van der Waals surface area contributed by atoms with Crippen molar-refractivity contribution in [2.24, 2.45) is 10.9 Å². The van der Waals surface area contributed by atoms with Crippen molar-refractivity contribution in [1.29, 1.82) is 0 Å². The number of aliphatic hydroxyl groups excluding tert-OH is 1. The normalized spacial score (nSPS) is 19.2. The highest BCUT2D eigenvalue weighted by Crippen LogP contribution is 2.30. The van der Waals surface area contributed by atoms with Gasteiger partial charge in [0.1, 0.15) is 18.7 Å². The van der Waals surface area contributed by atoms with Crippen LogP contribution in [-0.4, -0.2) is 74.7 Å². The number of thioether (sulfide) groups is 1. The molecule has 3 amide bonds. The van der Waals surface area contributed by atoms with Crippen molar-refractivity contribution in [2.45, 2.75) is 45.4 Å². The van der Waals surface area contributed by atoms with Crippen molar-refractivity contribution < 1.29 is 19.5 Å². The van der Waals surface area contributed by atoms with Crippen LogP contribution in [0.5, 0.6) is 0 Å². The number of aliphatic imine (C=N–C) groups is 1. The van der Waals surface area contributed by atoms with E-state index in [1.54, 1.807) is 6.20 Å². The fraction of sp³-hybridized carbons (Fsp3) is 0.379. The van der Waals surface area contributed by atoms with Gasteiger partial charge in [0.15, 0.2) is 0 Å². The van der Waals surface area contributed by atoms with E-state index in [1.165, 1.54) is 28.5 Å². The van der Waals surface area contributed by atoms with Gasteiger partial charge in [0.05, 0.1) is 16.8 Å². The third-order valence-corrected chi connectivity index (χ3v) is 7.68. The van der Waals surface area contributed by atoms with Crippen LogP contribution in [0.15, 0.2) is 71.9 Å². The molecular formula is C29H34N4O4S. The molecule has 2 aliphatic heterocycles.